The van der Waals surface area contributed by atoms with Gasteiger partial charge in [0.1, 0.15) is 5.00 Å². The first-order chi connectivity index (χ1) is 16.5. The predicted octanol–water partition coefficient (Wildman–Crippen LogP) is 4.04. The quantitative estimate of drug-likeness (QED) is 0.296. The SMILES string of the molecule is CCC(Sc1c([O-])on[n+]1-c1ccccc1)C(=O)Nc1sc2c(c1C(=O)OC)CCCCCC2. The summed E-state index contributed by atoms with van der Waals surface area (Å²) in [6.45, 7) is 1.87. The van der Waals surface area contributed by atoms with E-state index in [2.05, 4.69) is 10.6 Å². The zero-order valence-corrected chi connectivity index (χ0v) is 20.8. The first-order valence-electron chi connectivity index (χ1n) is 11.4. The Morgan fingerprint density at radius 3 is 2.68 bits per heavy atom. The molecule has 0 aliphatic heterocycles. The number of hydrogen-bond acceptors (Lipinski definition) is 8. The van der Waals surface area contributed by atoms with Crippen LogP contribution in [0.25, 0.3) is 5.69 Å². The van der Waals surface area contributed by atoms with Gasteiger partial charge in [0, 0.05) is 17.0 Å². The number of nitrogens with zero attached hydrogens (tertiary/aromatic N) is 2. The third-order valence-corrected chi connectivity index (χ3v) is 8.39. The number of carbonyl (C=O) groups excluding carboxylic acids is 2. The molecule has 10 heteroatoms. The molecule has 34 heavy (non-hydrogen) atoms. The lowest BCUT2D eigenvalue weighted by atomic mass is 9.96. The number of aromatic nitrogens is 2. The minimum Gasteiger partial charge on any atom is -0.538 e. The molecule has 1 amide bonds. The number of nitrogens with one attached hydrogen (secondary N) is 1. The molecule has 1 atom stereocenters. The number of anilines is 1. The van der Waals surface area contributed by atoms with Gasteiger partial charge in [0.2, 0.25) is 11.6 Å². The molecule has 1 aromatic carbocycles. The lowest BCUT2D eigenvalue weighted by molar-refractivity contribution is -0.705. The van der Waals surface area contributed by atoms with E-state index in [1.807, 2.05) is 25.1 Å². The second kappa shape index (κ2) is 11.1. The van der Waals surface area contributed by atoms with E-state index in [0.717, 1.165) is 54.3 Å². The first-order valence-corrected chi connectivity index (χ1v) is 13.1. The van der Waals surface area contributed by atoms with Crippen molar-refractivity contribution in [1.29, 1.82) is 0 Å². The van der Waals surface area contributed by atoms with Crippen molar-refractivity contribution in [3.63, 3.8) is 0 Å². The fourth-order valence-corrected chi connectivity index (χ4v) is 6.30. The number of methoxy groups -OCH3 is 1. The molecule has 4 rings (SSSR count). The molecule has 1 aliphatic carbocycles. The van der Waals surface area contributed by atoms with Crippen molar-refractivity contribution in [2.45, 2.75) is 62.1 Å². The topological polar surface area (TPSA) is 108 Å². The Morgan fingerprint density at radius 2 is 1.97 bits per heavy atom. The van der Waals surface area contributed by atoms with Crippen LogP contribution in [0, 0.1) is 0 Å². The maximum atomic E-state index is 13.3. The number of thioether (sulfide) groups is 1. The van der Waals surface area contributed by atoms with Crippen LogP contribution in [0.5, 0.6) is 5.95 Å². The number of rotatable bonds is 7. The molecule has 0 fully saturated rings. The van der Waals surface area contributed by atoms with Crippen molar-refractivity contribution < 1.29 is 28.6 Å². The Balaban J connectivity index is 1.60. The minimum absolute atomic E-state index is 0.222. The van der Waals surface area contributed by atoms with Crippen LogP contribution in [-0.2, 0) is 22.4 Å². The summed E-state index contributed by atoms with van der Waals surface area (Å²) in [5.41, 5.74) is 2.12. The molecule has 8 nitrogen and oxygen atoms in total. The normalized spacial score (nSPS) is 14.5. The smallest absolute Gasteiger partial charge is 0.341 e. The first kappa shape index (κ1) is 24.3. The highest BCUT2D eigenvalue weighted by molar-refractivity contribution is 8.00. The molecule has 0 radical (unpaired) electrons. The van der Waals surface area contributed by atoms with Crippen LogP contribution in [0.2, 0.25) is 0 Å². The summed E-state index contributed by atoms with van der Waals surface area (Å²) < 4.78 is 11.3. The summed E-state index contributed by atoms with van der Waals surface area (Å²) in [5, 5.41) is 19.3. The highest BCUT2D eigenvalue weighted by Gasteiger charge is 2.31. The lowest BCUT2D eigenvalue weighted by Crippen LogP contribution is -2.36. The standard InChI is InChI=1S/C24H27N3O5S2/c1-3-17(34-22-24(30)32-26-27(22)15-11-7-6-8-12-15)20(28)25-21-19(23(29)31-2)16-13-9-4-5-10-14-18(16)33-21/h6-8,11-12,17H,3-5,9-10,13-14H2,1-2H3,(H-,25,26,28,29,30). The monoisotopic (exact) mass is 501 g/mol. The highest BCUT2D eigenvalue weighted by Crippen LogP contribution is 2.38. The molecule has 1 N–H and O–H groups in total. The van der Waals surface area contributed by atoms with Gasteiger partial charge in [-0.25, -0.2) is 4.79 Å². The zero-order valence-electron chi connectivity index (χ0n) is 19.2. The van der Waals surface area contributed by atoms with Gasteiger partial charge in [-0.15, -0.1) is 11.3 Å². The van der Waals surface area contributed by atoms with Crippen LogP contribution in [0.3, 0.4) is 0 Å². The summed E-state index contributed by atoms with van der Waals surface area (Å²) in [7, 11) is 1.36. The molecule has 0 saturated heterocycles. The van der Waals surface area contributed by atoms with Crippen LogP contribution >= 0.6 is 23.1 Å². The summed E-state index contributed by atoms with van der Waals surface area (Å²) in [6.07, 6.45) is 6.53. The minimum atomic E-state index is -0.602. The van der Waals surface area contributed by atoms with Gasteiger partial charge < -0.3 is 19.7 Å². The summed E-state index contributed by atoms with van der Waals surface area (Å²) >= 11 is 2.56. The van der Waals surface area contributed by atoms with Gasteiger partial charge in [-0.2, -0.15) is 0 Å². The van der Waals surface area contributed by atoms with Crippen LogP contribution in [0.4, 0.5) is 5.00 Å². The van der Waals surface area contributed by atoms with Crippen molar-refractivity contribution in [2.24, 2.45) is 0 Å². The van der Waals surface area contributed by atoms with Crippen molar-refractivity contribution in [1.82, 2.24) is 5.27 Å². The Kier molecular flexibility index (Phi) is 7.89. The molecule has 1 aliphatic rings. The molecule has 2 aromatic heterocycles. The molecule has 2 heterocycles. The Labute approximate surface area is 206 Å². The number of benzene rings is 1. The second-order valence-corrected chi connectivity index (χ2v) is 10.3. The van der Waals surface area contributed by atoms with E-state index >= 15 is 0 Å². The van der Waals surface area contributed by atoms with E-state index in [1.54, 1.807) is 12.1 Å². The van der Waals surface area contributed by atoms with Gasteiger partial charge in [-0.05, 0) is 54.1 Å². The fourth-order valence-electron chi connectivity index (χ4n) is 4.05. The average Bonchev–Trinajstić information content (AvgIpc) is 3.36. The van der Waals surface area contributed by atoms with Gasteiger partial charge in [0.05, 0.1) is 23.2 Å². The number of esters is 1. The lowest BCUT2D eigenvalue weighted by Gasteiger charge is -2.13. The number of aryl methyl sites for hydroxylation is 1. The number of amides is 1. The number of thiophene rings is 1. The van der Waals surface area contributed by atoms with Gasteiger partial charge in [-0.3, -0.25) is 4.79 Å². The third-order valence-electron chi connectivity index (χ3n) is 5.79. The largest absolute Gasteiger partial charge is 0.538 e. The number of hydrogen-bond donors (Lipinski definition) is 1. The van der Waals surface area contributed by atoms with Crippen molar-refractivity contribution in [2.75, 3.05) is 12.4 Å². The van der Waals surface area contributed by atoms with Gasteiger partial charge in [0.15, 0.2) is 5.95 Å². The van der Waals surface area contributed by atoms with Gasteiger partial charge >= 0.3 is 5.97 Å². The molecule has 180 valence electrons. The van der Waals surface area contributed by atoms with Crippen LogP contribution < -0.4 is 15.1 Å². The van der Waals surface area contributed by atoms with Crippen LogP contribution in [0.15, 0.2) is 39.9 Å². The molecule has 0 spiro atoms. The Bertz CT molecular complexity index is 1160. The Hall–Kier alpha value is -2.85. The van der Waals surface area contributed by atoms with E-state index in [1.165, 1.54) is 29.5 Å². The molecule has 0 saturated carbocycles. The zero-order chi connectivity index (χ0) is 24.1. The Morgan fingerprint density at radius 1 is 1.24 bits per heavy atom. The van der Waals surface area contributed by atoms with Crippen molar-refractivity contribution >= 4 is 40.0 Å². The van der Waals surface area contributed by atoms with Gasteiger partial charge in [0.25, 0.3) is 5.03 Å². The number of fused-ring (bicyclic) bond motifs is 1. The second-order valence-electron chi connectivity index (χ2n) is 8.03. The van der Waals surface area contributed by atoms with Crippen molar-refractivity contribution in [3.05, 3.63) is 46.3 Å². The van der Waals surface area contributed by atoms with E-state index in [9.17, 15) is 14.7 Å². The molecule has 1 unspecified atom stereocenters. The van der Waals surface area contributed by atoms with E-state index in [-0.39, 0.29) is 10.9 Å². The summed E-state index contributed by atoms with van der Waals surface area (Å²) in [4.78, 5) is 27.1. The molecule has 3 aromatic rings. The summed E-state index contributed by atoms with van der Waals surface area (Å²) in [6, 6.07) is 9.13. The fraction of sp³-hybridized carbons (Fsp3) is 0.417. The van der Waals surface area contributed by atoms with Gasteiger partial charge in [-0.1, -0.05) is 38.0 Å². The highest BCUT2D eigenvalue weighted by atomic mass is 32.2. The number of para-hydroxylation sites is 1. The van der Waals surface area contributed by atoms with E-state index in [4.69, 9.17) is 9.26 Å². The van der Waals surface area contributed by atoms with Crippen LogP contribution in [-0.4, -0.2) is 29.5 Å². The predicted molar refractivity (Wildman–Crippen MR) is 128 cm³/mol. The molecular formula is C24H27N3O5S2. The van der Waals surface area contributed by atoms with E-state index in [0.29, 0.717) is 22.7 Å². The number of ether oxygens (including phenoxy) is 1. The molecular weight excluding hydrogens is 474 g/mol. The van der Waals surface area contributed by atoms with E-state index < -0.39 is 17.2 Å². The molecule has 0 bridgehead atoms. The number of carbonyl (C=O) groups is 2. The summed E-state index contributed by atoms with van der Waals surface area (Å²) in [5.74, 6) is -1.32. The van der Waals surface area contributed by atoms with Crippen LogP contribution in [0.1, 0.15) is 59.8 Å². The third kappa shape index (κ3) is 5.12. The maximum absolute atomic E-state index is 13.3. The average molecular weight is 502 g/mol. The van der Waals surface area contributed by atoms with Crippen molar-refractivity contribution in [3.8, 4) is 11.6 Å². The maximum Gasteiger partial charge on any atom is 0.341 e.